The fourth-order valence-electron chi connectivity index (χ4n) is 2.31. The molecule has 1 saturated carbocycles. The lowest BCUT2D eigenvalue weighted by Gasteiger charge is -2.15. The standard InChI is InChI=1S/C18H24N2Si/c1-21(2,3)14-13-16-9-7-8-12-18(16)20-15-19-17-10-5-4-6-11-17/h7-9,12,17H,4-6,10-11H2,1-3H3. The Balaban J connectivity index is 2.15. The van der Waals surface area contributed by atoms with Crippen LogP contribution in [-0.2, 0) is 0 Å². The highest BCUT2D eigenvalue weighted by atomic mass is 28.3. The molecule has 110 valence electrons. The van der Waals surface area contributed by atoms with Crippen LogP contribution in [0.15, 0.2) is 34.3 Å². The molecule has 3 heteroatoms. The van der Waals surface area contributed by atoms with E-state index < -0.39 is 8.07 Å². The Kier molecular flexibility index (Phi) is 5.56. The molecule has 0 amide bonds. The Morgan fingerprint density at radius 3 is 2.48 bits per heavy atom. The van der Waals surface area contributed by atoms with Crippen molar-refractivity contribution in [2.75, 3.05) is 0 Å². The van der Waals surface area contributed by atoms with Crippen LogP contribution in [0.1, 0.15) is 37.7 Å². The van der Waals surface area contributed by atoms with Crippen LogP contribution in [-0.4, -0.2) is 20.1 Å². The first-order chi connectivity index (χ1) is 10.0. The molecule has 0 heterocycles. The van der Waals surface area contributed by atoms with Gasteiger partial charge in [0.2, 0.25) is 0 Å². The molecule has 0 radical (unpaired) electrons. The Bertz CT molecular complexity index is 590. The van der Waals surface area contributed by atoms with Gasteiger partial charge in [0, 0.05) is 0 Å². The fourth-order valence-corrected chi connectivity index (χ4v) is 2.82. The highest BCUT2D eigenvalue weighted by Gasteiger charge is 2.11. The van der Waals surface area contributed by atoms with Crippen LogP contribution in [0, 0.1) is 11.5 Å². The summed E-state index contributed by atoms with van der Waals surface area (Å²) in [5, 5.41) is 0. The molecule has 1 aliphatic carbocycles. The van der Waals surface area contributed by atoms with Gasteiger partial charge in [-0.05, 0) is 25.0 Å². The molecular weight excluding hydrogens is 272 g/mol. The Hall–Kier alpha value is -1.62. The topological polar surface area (TPSA) is 24.7 Å². The van der Waals surface area contributed by atoms with Gasteiger partial charge in [0.05, 0.1) is 23.3 Å². The van der Waals surface area contributed by atoms with E-state index in [1.54, 1.807) is 0 Å². The SMILES string of the molecule is C[Si](C)(C)C#Cc1ccccc1N=C=NC1CCCCC1. The van der Waals surface area contributed by atoms with Gasteiger partial charge in [-0.25, -0.2) is 4.99 Å². The molecule has 0 spiro atoms. The summed E-state index contributed by atoms with van der Waals surface area (Å²) in [5.74, 6) is 3.28. The largest absolute Gasteiger partial charge is 0.222 e. The van der Waals surface area contributed by atoms with Crippen molar-refractivity contribution in [2.45, 2.75) is 57.8 Å². The van der Waals surface area contributed by atoms with Crippen molar-refractivity contribution < 1.29 is 0 Å². The zero-order chi connectivity index (χ0) is 15.1. The van der Waals surface area contributed by atoms with Crippen molar-refractivity contribution in [2.24, 2.45) is 9.98 Å². The predicted molar refractivity (Wildman–Crippen MR) is 93.1 cm³/mol. The average Bonchev–Trinajstić information content (AvgIpc) is 2.46. The Labute approximate surface area is 129 Å². The van der Waals surface area contributed by atoms with Crippen molar-refractivity contribution in [1.29, 1.82) is 0 Å². The van der Waals surface area contributed by atoms with Crippen LogP contribution < -0.4 is 0 Å². The lowest BCUT2D eigenvalue weighted by molar-refractivity contribution is 0.444. The molecule has 1 aromatic rings. The molecule has 0 unspecified atom stereocenters. The minimum atomic E-state index is -1.37. The first-order valence-corrected chi connectivity index (χ1v) is 11.3. The molecule has 0 aromatic heterocycles. The van der Waals surface area contributed by atoms with Crippen LogP contribution in [0.2, 0.25) is 19.6 Å². The summed E-state index contributed by atoms with van der Waals surface area (Å²) >= 11 is 0. The van der Waals surface area contributed by atoms with Crippen molar-refractivity contribution in [3.63, 3.8) is 0 Å². The van der Waals surface area contributed by atoms with Crippen molar-refractivity contribution in [1.82, 2.24) is 0 Å². The van der Waals surface area contributed by atoms with E-state index in [1.807, 2.05) is 24.3 Å². The number of rotatable bonds is 2. The quantitative estimate of drug-likeness (QED) is 0.414. The lowest BCUT2D eigenvalue weighted by atomic mass is 9.96. The molecular formula is C18H24N2Si. The van der Waals surface area contributed by atoms with Crippen molar-refractivity contribution in [3.05, 3.63) is 29.8 Å². The van der Waals surface area contributed by atoms with Crippen molar-refractivity contribution >= 4 is 19.8 Å². The minimum absolute atomic E-state index is 0.419. The summed E-state index contributed by atoms with van der Waals surface area (Å²) in [5.41, 5.74) is 5.24. The molecule has 2 rings (SSSR count). The predicted octanol–water partition coefficient (Wildman–Crippen LogP) is 5.05. The van der Waals surface area contributed by atoms with Crippen LogP contribution in [0.4, 0.5) is 5.69 Å². The minimum Gasteiger partial charge on any atom is -0.222 e. The molecule has 0 N–H and O–H groups in total. The number of para-hydroxylation sites is 1. The van der Waals surface area contributed by atoms with E-state index in [9.17, 15) is 0 Å². The Morgan fingerprint density at radius 2 is 1.76 bits per heavy atom. The van der Waals surface area contributed by atoms with E-state index in [0.717, 1.165) is 11.3 Å². The van der Waals surface area contributed by atoms with Gasteiger partial charge in [0.1, 0.15) is 8.07 Å². The zero-order valence-corrected chi connectivity index (χ0v) is 14.3. The van der Waals surface area contributed by atoms with Crippen molar-refractivity contribution in [3.8, 4) is 11.5 Å². The summed E-state index contributed by atoms with van der Waals surface area (Å²) in [6, 6.07) is 11.3. The molecule has 0 atom stereocenters. The average molecular weight is 296 g/mol. The maximum atomic E-state index is 4.47. The Morgan fingerprint density at radius 1 is 1.05 bits per heavy atom. The molecule has 2 nitrogen and oxygen atoms in total. The number of nitrogens with zero attached hydrogens (tertiary/aromatic N) is 2. The lowest BCUT2D eigenvalue weighted by Crippen LogP contribution is -2.16. The molecule has 0 aliphatic heterocycles. The maximum Gasteiger partial charge on any atom is 0.129 e. The van der Waals surface area contributed by atoms with E-state index in [-0.39, 0.29) is 0 Å². The molecule has 21 heavy (non-hydrogen) atoms. The first-order valence-electron chi connectivity index (χ1n) is 7.82. The van der Waals surface area contributed by atoms with Gasteiger partial charge in [0.25, 0.3) is 0 Å². The second-order valence-corrected chi connectivity index (χ2v) is 11.4. The second kappa shape index (κ2) is 7.40. The highest BCUT2D eigenvalue weighted by molar-refractivity contribution is 6.83. The van der Waals surface area contributed by atoms with Gasteiger partial charge in [-0.2, -0.15) is 4.99 Å². The van der Waals surface area contributed by atoms with E-state index in [4.69, 9.17) is 0 Å². The first kappa shape index (κ1) is 15.8. The number of aliphatic imine (C=N–C) groups is 2. The maximum absolute atomic E-state index is 4.47. The van der Waals surface area contributed by atoms with Crippen LogP contribution in [0.3, 0.4) is 0 Å². The number of hydrogen-bond donors (Lipinski definition) is 0. The smallest absolute Gasteiger partial charge is 0.129 e. The third-order valence-electron chi connectivity index (χ3n) is 3.46. The van der Waals surface area contributed by atoms with Gasteiger partial charge in [-0.15, -0.1) is 5.54 Å². The molecule has 0 bridgehead atoms. The fraction of sp³-hybridized carbons (Fsp3) is 0.500. The second-order valence-electron chi connectivity index (χ2n) is 6.65. The van der Waals surface area contributed by atoms with E-state index in [0.29, 0.717) is 6.04 Å². The monoisotopic (exact) mass is 296 g/mol. The zero-order valence-electron chi connectivity index (χ0n) is 13.3. The normalized spacial score (nSPS) is 15.6. The number of hydrogen-bond acceptors (Lipinski definition) is 2. The van der Waals surface area contributed by atoms with Gasteiger partial charge in [-0.1, -0.05) is 57.0 Å². The summed E-state index contributed by atoms with van der Waals surface area (Å²) in [7, 11) is -1.37. The molecule has 1 aliphatic rings. The van der Waals surface area contributed by atoms with Gasteiger partial charge < -0.3 is 0 Å². The summed E-state index contributed by atoms with van der Waals surface area (Å²) in [6.45, 7) is 6.74. The van der Waals surface area contributed by atoms with Crippen LogP contribution in [0.5, 0.6) is 0 Å². The van der Waals surface area contributed by atoms with E-state index in [2.05, 4.69) is 47.1 Å². The van der Waals surface area contributed by atoms with Crippen LogP contribution >= 0.6 is 0 Å². The number of benzene rings is 1. The third kappa shape index (κ3) is 5.71. The summed E-state index contributed by atoms with van der Waals surface area (Å²) in [6.07, 6.45) is 6.28. The highest BCUT2D eigenvalue weighted by Crippen LogP contribution is 2.20. The molecule has 1 fully saturated rings. The molecule has 0 saturated heterocycles. The van der Waals surface area contributed by atoms with Gasteiger partial charge in [-0.3, -0.25) is 0 Å². The van der Waals surface area contributed by atoms with Gasteiger partial charge in [0.15, 0.2) is 0 Å². The summed E-state index contributed by atoms with van der Waals surface area (Å²) in [4.78, 5) is 8.87. The molecule has 1 aromatic carbocycles. The summed E-state index contributed by atoms with van der Waals surface area (Å²) < 4.78 is 0. The van der Waals surface area contributed by atoms with Crippen LogP contribution in [0.25, 0.3) is 0 Å². The third-order valence-corrected chi connectivity index (χ3v) is 4.34. The van der Waals surface area contributed by atoms with E-state index in [1.165, 1.54) is 32.1 Å². The van der Waals surface area contributed by atoms with E-state index >= 15 is 0 Å². The van der Waals surface area contributed by atoms with Gasteiger partial charge >= 0.3 is 0 Å².